The van der Waals surface area contributed by atoms with Gasteiger partial charge in [0, 0.05) is 29.7 Å². The van der Waals surface area contributed by atoms with Gasteiger partial charge >= 0.3 is 0 Å². The van der Waals surface area contributed by atoms with Gasteiger partial charge in [0.15, 0.2) is 0 Å². The Kier molecular flexibility index (Phi) is 5.86. The first kappa shape index (κ1) is 15.7. The van der Waals surface area contributed by atoms with E-state index in [1.165, 1.54) is 18.9 Å². The quantitative estimate of drug-likeness (QED) is 0.904. The minimum atomic E-state index is -0.240. The number of rotatable bonds is 5. The normalized spacial score (nSPS) is 16.5. The van der Waals surface area contributed by atoms with Gasteiger partial charge in [-0.3, -0.25) is 4.90 Å². The van der Waals surface area contributed by atoms with Crippen molar-refractivity contribution < 1.29 is 4.39 Å². The lowest BCUT2D eigenvalue weighted by atomic mass is 10.1. The van der Waals surface area contributed by atoms with Crippen LogP contribution in [0.1, 0.15) is 18.4 Å². The van der Waals surface area contributed by atoms with Gasteiger partial charge < -0.3 is 5.73 Å². The Morgan fingerprint density at radius 3 is 2.67 bits per heavy atom. The lowest BCUT2D eigenvalue weighted by Gasteiger charge is -2.27. The van der Waals surface area contributed by atoms with Gasteiger partial charge in [0.25, 0.3) is 0 Å². The summed E-state index contributed by atoms with van der Waals surface area (Å²) >= 11 is 5.73. The summed E-state index contributed by atoms with van der Waals surface area (Å²) in [6.45, 7) is 1.22. The highest BCUT2D eigenvalue weighted by atomic mass is 35.5. The summed E-state index contributed by atoms with van der Waals surface area (Å²) < 4.78 is 13.7. The van der Waals surface area contributed by atoms with E-state index in [4.69, 9.17) is 17.3 Å². The smallest absolute Gasteiger partial charge is 0.129 e. The third-order valence-electron chi connectivity index (χ3n) is 3.41. The molecule has 5 heteroatoms. The number of nitrogens with zero attached hydrogens (tertiary/aromatic N) is 1. The molecular formula is C13H19Cl2FN2. The van der Waals surface area contributed by atoms with Crippen molar-refractivity contribution in [1.29, 1.82) is 0 Å². The van der Waals surface area contributed by atoms with Crippen LogP contribution in [0, 0.1) is 11.7 Å². The van der Waals surface area contributed by atoms with E-state index in [9.17, 15) is 4.39 Å². The standard InChI is InChI=1S/C13H18ClFN2.ClH/c1-17(13(7-16)9-2-3-9)8-10-4-5-11(14)6-12(10)15;/h4-6,9,13H,2-3,7-8,16H2,1H3;1H. The maximum Gasteiger partial charge on any atom is 0.129 e. The molecule has 1 atom stereocenters. The molecule has 0 aromatic heterocycles. The third kappa shape index (κ3) is 3.82. The highest BCUT2D eigenvalue weighted by Gasteiger charge is 2.32. The maximum atomic E-state index is 13.7. The predicted molar refractivity (Wildman–Crippen MR) is 75.7 cm³/mol. The average Bonchev–Trinajstić information content (AvgIpc) is 3.08. The molecule has 1 aliphatic carbocycles. The Bertz CT molecular complexity index is 397. The van der Waals surface area contributed by atoms with E-state index in [1.54, 1.807) is 12.1 Å². The van der Waals surface area contributed by atoms with E-state index >= 15 is 0 Å². The molecule has 1 aromatic rings. The van der Waals surface area contributed by atoms with Crippen LogP contribution in [0.25, 0.3) is 0 Å². The first-order valence-corrected chi connectivity index (χ1v) is 6.34. The second-order valence-corrected chi connectivity index (χ2v) is 5.23. The van der Waals surface area contributed by atoms with E-state index in [1.807, 2.05) is 7.05 Å². The molecule has 0 bridgehead atoms. The highest BCUT2D eigenvalue weighted by Crippen LogP contribution is 2.35. The number of nitrogens with two attached hydrogens (primary N) is 1. The van der Waals surface area contributed by atoms with Crippen LogP contribution in [-0.2, 0) is 6.54 Å². The zero-order chi connectivity index (χ0) is 12.4. The summed E-state index contributed by atoms with van der Waals surface area (Å²) in [4.78, 5) is 2.14. The van der Waals surface area contributed by atoms with Gasteiger partial charge in [-0.25, -0.2) is 4.39 Å². The molecule has 0 spiro atoms. The van der Waals surface area contributed by atoms with E-state index in [0.717, 1.165) is 0 Å². The summed E-state index contributed by atoms with van der Waals surface area (Å²) in [6, 6.07) is 5.20. The summed E-state index contributed by atoms with van der Waals surface area (Å²) in [5.41, 5.74) is 6.45. The molecule has 1 fully saturated rings. The topological polar surface area (TPSA) is 29.3 Å². The molecule has 18 heavy (non-hydrogen) atoms. The number of halogens is 3. The fourth-order valence-corrected chi connectivity index (χ4v) is 2.41. The molecule has 1 unspecified atom stereocenters. The minimum Gasteiger partial charge on any atom is -0.329 e. The van der Waals surface area contributed by atoms with E-state index in [2.05, 4.69) is 4.90 Å². The van der Waals surface area contributed by atoms with Gasteiger partial charge in [-0.1, -0.05) is 17.7 Å². The van der Waals surface area contributed by atoms with Crippen molar-refractivity contribution in [2.45, 2.75) is 25.4 Å². The predicted octanol–water partition coefficient (Wildman–Crippen LogP) is 3.07. The fraction of sp³-hybridized carbons (Fsp3) is 0.538. The SMILES string of the molecule is CN(Cc1ccc(Cl)cc1F)C(CN)C1CC1.Cl. The molecule has 0 heterocycles. The number of benzene rings is 1. The van der Waals surface area contributed by atoms with Crippen LogP contribution in [0.5, 0.6) is 0 Å². The first-order valence-electron chi connectivity index (χ1n) is 5.96. The van der Waals surface area contributed by atoms with Crippen LogP contribution in [-0.4, -0.2) is 24.5 Å². The zero-order valence-corrected chi connectivity index (χ0v) is 12.0. The Morgan fingerprint density at radius 1 is 1.50 bits per heavy atom. The number of hydrogen-bond donors (Lipinski definition) is 1. The molecule has 1 saturated carbocycles. The maximum absolute atomic E-state index is 13.7. The Hall–Kier alpha value is -0.350. The van der Waals surface area contributed by atoms with Crippen molar-refractivity contribution in [2.24, 2.45) is 11.7 Å². The summed E-state index contributed by atoms with van der Waals surface area (Å²) in [6.07, 6.45) is 2.49. The van der Waals surface area contributed by atoms with Gasteiger partial charge in [-0.05, 0) is 37.9 Å². The fourth-order valence-electron chi connectivity index (χ4n) is 2.25. The highest BCUT2D eigenvalue weighted by molar-refractivity contribution is 6.30. The molecule has 0 saturated heterocycles. The first-order chi connectivity index (χ1) is 8.11. The Morgan fingerprint density at radius 2 is 2.17 bits per heavy atom. The van der Waals surface area contributed by atoms with Gasteiger partial charge in [0.1, 0.15) is 5.82 Å². The van der Waals surface area contributed by atoms with E-state index < -0.39 is 0 Å². The molecule has 0 amide bonds. The van der Waals surface area contributed by atoms with Gasteiger partial charge in [0.05, 0.1) is 0 Å². The summed E-state index contributed by atoms with van der Waals surface area (Å²) in [5.74, 6) is 0.455. The van der Waals surface area contributed by atoms with Gasteiger partial charge in [0.2, 0.25) is 0 Å². The molecule has 0 aliphatic heterocycles. The lowest BCUT2D eigenvalue weighted by Crippen LogP contribution is -2.39. The van der Waals surface area contributed by atoms with Crippen LogP contribution in [0.4, 0.5) is 4.39 Å². The van der Waals surface area contributed by atoms with Crippen LogP contribution in [0.2, 0.25) is 5.02 Å². The van der Waals surface area contributed by atoms with Crippen LogP contribution in [0.3, 0.4) is 0 Å². The van der Waals surface area contributed by atoms with Crippen LogP contribution < -0.4 is 5.73 Å². The second-order valence-electron chi connectivity index (χ2n) is 4.79. The lowest BCUT2D eigenvalue weighted by molar-refractivity contribution is 0.213. The van der Waals surface area contributed by atoms with Crippen molar-refractivity contribution in [3.63, 3.8) is 0 Å². The van der Waals surface area contributed by atoms with Crippen molar-refractivity contribution in [1.82, 2.24) is 4.90 Å². The van der Waals surface area contributed by atoms with Crippen molar-refractivity contribution in [3.8, 4) is 0 Å². The van der Waals surface area contributed by atoms with Crippen molar-refractivity contribution in [2.75, 3.05) is 13.6 Å². The Labute approximate surface area is 119 Å². The van der Waals surface area contributed by atoms with Gasteiger partial charge in [-0.15, -0.1) is 12.4 Å². The third-order valence-corrected chi connectivity index (χ3v) is 3.64. The second kappa shape index (κ2) is 6.71. The molecule has 0 radical (unpaired) electrons. The molecule has 1 aromatic carbocycles. The summed E-state index contributed by atoms with van der Waals surface area (Å²) in [7, 11) is 2.00. The zero-order valence-electron chi connectivity index (χ0n) is 10.4. The van der Waals surface area contributed by atoms with E-state index in [0.29, 0.717) is 35.6 Å². The minimum absolute atomic E-state index is 0. The molecule has 2 N–H and O–H groups in total. The molecule has 1 aliphatic rings. The van der Waals surface area contributed by atoms with E-state index in [-0.39, 0.29) is 18.2 Å². The van der Waals surface area contributed by atoms with Gasteiger partial charge in [-0.2, -0.15) is 0 Å². The van der Waals surface area contributed by atoms with Crippen molar-refractivity contribution >= 4 is 24.0 Å². The molecule has 2 nitrogen and oxygen atoms in total. The van der Waals surface area contributed by atoms with Crippen LogP contribution in [0.15, 0.2) is 18.2 Å². The summed E-state index contributed by atoms with van der Waals surface area (Å²) in [5, 5.41) is 0.437. The molecule has 102 valence electrons. The molecular weight excluding hydrogens is 274 g/mol. The molecule has 2 rings (SSSR count). The van der Waals surface area contributed by atoms with Crippen molar-refractivity contribution in [3.05, 3.63) is 34.6 Å². The monoisotopic (exact) mass is 292 g/mol. The number of likely N-dealkylation sites (N-methyl/N-ethyl adjacent to an activating group) is 1. The Balaban J connectivity index is 0.00000162. The largest absolute Gasteiger partial charge is 0.329 e. The van der Waals surface area contributed by atoms with Crippen LogP contribution >= 0.6 is 24.0 Å². The average molecular weight is 293 g/mol. The number of hydrogen-bond acceptors (Lipinski definition) is 2.